The van der Waals surface area contributed by atoms with Crippen molar-refractivity contribution in [3.05, 3.63) is 29.7 Å². The Morgan fingerprint density at radius 3 is 2.78 bits per heavy atom. The molecular formula is C17H25N5O. The highest BCUT2D eigenvalue weighted by Crippen LogP contribution is 2.21. The number of hydrogen-bond acceptors (Lipinski definition) is 4. The third kappa shape index (κ3) is 3.08. The molecule has 0 aliphatic carbocycles. The van der Waals surface area contributed by atoms with E-state index in [1.807, 2.05) is 17.3 Å². The lowest BCUT2D eigenvalue weighted by Crippen LogP contribution is -2.33. The Morgan fingerprint density at radius 2 is 2.13 bits per heavy atom. The number of carbonyl (C=O) groups excluding carboxylic acids is 1. The van der Waals surface area contributed by atoms with Crippen LogP contribution in [0.5, 0.6) is 0 Å². The topological polar surface area (TPSA) is 53.7 Å². The van der Waals surface area contributed by atoms with Crippen LogP contribution in [0.4, 0.5) is 0 Å². The molecule has 1 unspecified atom stereocenters. The Balaban J connectivity index is 1.85. The zero-order valence-electron chi connectivity index (χ0n) is 14.2. The van der Waals surface area contributed by atoms with Crippen LogP contribution in [-0.2, 0) is 6.54 Å². The van der Waals surface area contributed by atoms with Gasteiger partial charge in [-0.05, 0) is 32.9 Å². The first-order chi connectivity index (χ1) is 11.1. The standard InChI is InChI=1S/C17H25N5O/c1-4-20(5-2)11-14-9-18-16-15(10-19-22(16)12-14)17(23)21-8-6-7-13(21)3/h9-10,12-13H,4-8,11H2,1-3H3. The largest absolute Gasteiger partial charge is 0.336 e. The number of likely N-dealkylation sites (tertiary alicyclic amines) is 1. The fourth-order valence-electron chi connectivity index (χ4n) is 3.24. The highest BCUT2D eigenvalue weighted by atomic mass is 16.2. The van der Waals surface area contributed by atoms with Crippen molar-refractivity contribution >= 4 is 11.6 Å². The van der Waals surface area contributed by atoms with E-state index in [2.05, 4.69) is 35.8 Å². The van der Waals surface area contributed by atoms with E-state index in [4.69, 9.17) is 0 Å². The quantitative estimate of drug-likeness (QED) is 0.849. The molecule has 0 radical (unpaired) electrons. The zero-order chi connectivity index (χ0) is 16.4. The minimum Gasteiger partial charge on any atom is -0.336 e. The molecule has 1 aliphatic heterocycles. The first kappa shape index (κ1) is 15.9. The van der Waals surface area contributed by atoms with Gasteiger partial charge in [-0.25, -0.2) is 9.50 Å². The molecule has 6 heteroatoms. The van der Waals surface area contributed by atoms with Crippen molar-refractivity contribution in [1.82, 2.24) is 24.4 Å². The summed E-state index contributed by atoms with van der Waals surface area (Å²) in [6.07, 6.45) is 7.64. The van der Waals surface area contributed by atoms with E-state index in [0.717, 1.165) is 44.6 Å². The molecule has 0 spiro atoms. The highest BCUT2D eigenvalue weighted by molar-refractivity contribution is 5.99. The van der Waals surface area contributed by atoms with Crippen LogP contribution in [0.3, 0.4) is 0 Å². The SMILES string of the molecule is CCN(CC)Cc1cnc2c(C(=O)N3CCCC3C)cnn2c1. The van der Waals surface area contributed by atoms with E-state index >= 15 is 0 Å². The second-order valence-electron chi connectivity index (χ2n) is 6.24. The van der Waals surface area contributed by atoms with Crippen LogP contribution in [0.1, 0.15) is 49.5 Å². The lowest BCUT2D eigenvalue weighted by atomic mass is 10.2. The minimum absolute atomic E-state index is 0.0500. The molecule has 3 rings (SSSR count). The van der Waals surface area contributed by atoms with Gasteiger partial charge < -0.3 is 4.90 Å². The summed E-state index contributed by atoms with van der Waals surface area (Å²) in [6.45, 7) is 10.1. The van der Waals surface area contributed by atoms with Crippen LogP contribution in [0.15, 0.2) is 18.6 Å². The van der Waals surface area contributed by atoms with Crippen LogP contribution in [0.25, 0.3) is 5.65 Å². The van der Waals surface area contributed by atoms with Crippen molar-refractivity contribution < 1.29 is 4.79 Å². The number of fused-ring (bicyclic) bond motifs is 1. The molecule has 1 saturated heterocycles. The normalized spacial score (nSPS) is 18.3. The minimum atomic E-state index is 0.0500. The van der Waals surface area contributed by atoms with Crippen LogP contribution >= 0.6 is 0 Å². The predicted molar refractivity (Wildman–Crippen MR) is 89.3 cm³/mol. The summed E-state index contributed by atoms with van der Waals surface area (Å²) in [7, 11) is 0. The van der Waals surface area contributed by atoms with E-state index in [9.17, 15) is 4.79 Å². The first-order valence-corrected chi connectivity index (χ1v) is 8.49. The second kappa shape index (κ2) is 6.66. The maximum absolute atomic E-state index is 12.7. The molecule has 124 valence electrons. The molecule has 1 amide bonds. The molecule has 6 nitrogen and oxygen atoms in total. The van der Waals surface area contributed by atoms with E-state index < -0.39 is 0 Å². The average molecular weight is 315 g/mol. The molecule has 1 aliphatic rings. The summed E-state index contributed by atoms with van der Waals surface area (Å²) in [6, 6.07) is 0.305. The van der Waals surface area contributed by atoms with Gasteiger partial charge in [-0.3, -0.25) is 9.69 Å². The number of aromatic nitrogens is 3. The van der Waals surface area contributed by atoms with Gasteiger partial charge in [0.25, 0.3) is 5.91 Å². The predicted octanol–water partition coefficient (Wildman–Crippen LogP) is 2.20. The zero-order valence-corrected chi connectivity index (χ0v) is 14.2. The van der Waals surface area contributed by atoms with Gasteiger partial charge in [0.1, 0.15) is 5.56 Å². The summed E-state index contributed by atoms with van der Waals surface area (Å²) in [5.41, 5.74) is 2.36. The highest BCUT2D eigenvalue weighted by Gasteiger charge is 2.28. The molecule has 3 heterocycles. The van der Waals surface area contributed by atoms with Crippen molar-refractivity contribution in [3.8, 4) is 0 Å². The van der Waals surface area contributed by atoms with Crippen LogP contribution in [0, 0.1) is 0 Å². The van der Waals surface area contributed by atoms with Crippen LogP contribution < -0.4 is 0 Å². The van der Waals surface area contributed by atoms with Gasteiger partial charge in [-0.1, -0.05) is 13.8 Å². The molecule has 2 aromatic rings. The van der Waals surface area contributed by atoms with Crippen LogP contribution in [0.2, 0.25) is 0 Å². The number of hydrogen-bond donors (Lipinski definition) is 0. The molecule has 0 saturated carbocycles. The molecular weight excluding hydrogens is 290 g/mol. The Kier molecular flexibility index (Phi) is 4.61. The second-order valence-corrected chi connectivity index (χ2v) is 6.24. The van der Waals surface area contributed by atoms with Gasteiger partial charge in [-0.2, -0.15) is 5.10 Å². The average Bonchev–Trinajstić information content (AvgIpc) is 3.17. The fraction of sp³-hybridized carbons (Fsp3) is 0.588. The Bertz CT molecular complexity index is 691. The van der Waals surface area contributed by atoms with Crippen molar-refractivity contribution in [2.45, 2.75) is 46.2 Å². The smallest absolute Gasteiger partial charge is 0.259 e. The van der Waals surface area contributed by atoms with Gasteiger partial charge in [0, 0.05) is 37.1 Å². The monoisotopic (exact) mass is 315 g/mol. The van der Waals surface area contributed by atoms with Crippen molar-refractivity contribution in [1.29, 1.82) is 0 Å². The molecule has 0 aromatic carbocycles. The molecule has 0 N–H and O–H groups in total. The Hall–Kier alpha value is -1.95. The molecule has 0 bridgehead atoms. The van der Waals surface area contributed by atoms with Gasteiger partial charge >= 0.3 is 0 Å². The van der Waals surface area contributed by atoms with E-state index in [1.54, 1.807) is 10.7 Å². The number of carbonyl (C=O) groups is 1. The van der Waals surface area contributed by atoms with Crippen molar-refractivity contribution in [3.63, 3.8) is 0 Å². The van der Waals surface area contributed by atoms with Gasteiger partial charge in [-0.15, -0.1) is 0 Å². The lowest BCUT2D eigenvalue weighted by molar-refractivity contribution is 0.0749. The third-order valence-corrected chi connectivity index (χ3v) is 4.75. The van der Waals surface area contributed by atoms with E-state index in [1.165, 1.54) is 0 Å². The summed E-state index contributed by atoms with van der Waals surface area (Å²) in [5, 5.41) is 4.34. The molecule has 1 fully saturated rings. The first-order valence-electron chi connectivity index (χ1n) is 8.49. The summed E-state index contributed by atoms with van der Waals surface area (Å²) in [4.78, 5) is 21.5. The Morgan fingerprint density at radius 1 is 1.35 bits per heavy atom. The number of amides is 1. The van der Waals surface area contributed by atoms with Gasteiger partial charge in [0.15, 0.2) is 5.65 Å². The van der Waals surface area contributed by atoms with E-state index in [-0.39, 0.29) is 5.91 Å². The van der Waals surface area contributed by atoms with Gasteiger partial charge in [0.2, 0.25) is 0 Å². The Labute approximate surface area is 137 Å². The molecule has 2 aromatic heterocycles. The number of rotatable bonds is 5. The van der Waals surface area contributed by atoms with Crippen molar-refractivity contribution in [2.75, 3.05) is 19.6 Å². The lowest BCUT2D eigenvalue weighted by Gasteiger charge is -2.20. The van der Waals surface area contributed by atoms with Gasteiger partial charge in [0.05, 0.1) is 6.20 Å². The van der Waals surface area contributed by atoms with Crippen LogP contribution in [-0.4, -0.2) is 56.0 Å². The van der Waals surface area contributed by atoms with E-state index in [0.29, 0.717) is 17.3 Å². The fourth-order valence-corrected chi connectivity index (χ4v) is 3.24. The summed E-state index contributed by atoms with van der Waals surface area (Å²) < 4.78 is 1.73. The third-order valence-electron chi connectivity index (χ3n) is 4.75. The summed E-state index contributed by atoms with van der Waals surface area (Å²) in [5.74, 6) is 0.0500. The summed E-state index contributed by atoms with van der Waals surface area (Å²) >= 11 is 0. The van der Waals surface area contributed by atoms with Crippen molar-refractivity contribution in [2.24, 2.45) is 0 Å². The molecule has 1 atom stereocenters. The maximum Gasteiger partial charge on any atom is 0.259 e. The number of nitrogens with zero attached hydrogens (tertiary/aromatic N) is 5. The maximum atomic E-state index is 12.7. The molecule has 23 heavy (non-hydrogen) atoms.